The molecule has 0 amide bonds. The Hall–Kier alpha value is -8.15. The highest BCUT2D eigenvalue weighted by Gasteiger charge is 2.23. The molecule has 0 bridgehead atoms. The fourth-order valence-electron chi connectivity index (χ4n) is 9.37. The zero-order chi connectivity index (χ0) is 39.3. The van der Waals surface area contributed by atoms with E-state index in [1.807, 2.05) is 18.2 Å². The number of rotatable bonds is 4. The van der Waals surface area contributed by atoms with Crippen molar-refractivity contribution in [1.29, 1.82) is 0 Å². The van der Waals surface area contributed by atoms with Crippen molar-refractivity contribution in [1.82, 2.24) is 19.5 Å². The van der Waals surface area contributed by atoms with Crippen LogP contribution in [0.3, 0.4) is 0 Å². The van der Waals surface area contributed by atoms with Crippen molar-refractivity contribution in [3.63, 3.8) is 0 Å². The van der Waals surface area contributed by atoms with Gasteiger partial charge >= 0.3 is 0 Å². The number of hydrogen-bond acceptors (Lipinski definition) is 4. The average molecular weight is 765 g/mol. The monoisotopic (exact) mass is 764 g/mol. The molecule has 0 N–H and O–H groups in total. The minimum atomic E-state index is 0.594. The minimum absolute atomic E-state index is 0.594. The lowest BCUT2D eigenvalue weighted by molar-refractivity contribution is 0.669. The highest BCUT2D eigenvalue weighted by atomic mass is 16.3. The van der Waals surface area contributed by atoms with E-state index in [0.717, 1.165) is 76.9 Å². The molecule has 0 radical (unpaired) electrons. The van der Waals surface area contributed by atoms with Gasteiger partial charge < -0.3 is 8.98 Å². The van der Waals surface area contributed by atoms with Crippen LogP contribution in [0.25, 0.3) is 127 Å². The normalized spacial score (nSPS) is 12.0. The first-order chi connectivity index (χ1) is 29.7. The van der Waals surface area contributed by atoms with Crippen molar-refractivity contribution < 1.29 is 4.42 Å². The van der Waals surface area contributed by atoms with Crippen LogP contribution in [0.5, 0.6) is 0 Å². The number of hydrogen-bond donors (Lipinski definition) is 0. The summed E-state index contributed by atoms with van der Waals surface area (Å²) in [5.74, 6) is 1.83. The second-order valence-electron chi connectivity index (χ2n) is 15.6. The Kier molecular flexibility index (Phi) is 6.95. The third-order valence-corrected chi connectivity index (χ3v) is 12.1. The molecule has 0 saturated heterocycles. The van der Waals surface area contributed by atoms with Crippen LogP contribution in [0.2, 0.25) is 0 Å². The van der Waals surface area contributed by atoms with E-state index in [0.29, 0.717) is 17.5 Å². The molecule has 0 spiro atoms. The number of benzene rings is 10. The van der Waals surface area contributed by atoms with Gasteiger partial charge in [0.2, 0.25) is 0 Å². The van der Waals surface area contributed by atoms with Crippen LogP contribution in [-0.4, -0.2) is 19.5 Å². The quantitative estimate of drug-likeness (QED) is 0.179. The van der Waals surface area contributed by atoms with E-state index in [1.54, 1.807) is 0 Å². The average Bonchev–Trinajstić information content (AvgIpc) is 3.82. The molecule has 10 aromatic carbocycles. The third kappa shape index (κ3) is 4.96. The Morgan fingerprint density at radius 2 is 0.917 bits per heavy atom. The molecule has 13 rings (SSSR count). The Labute approximate surface area is 343 Å². The summed E-state index contributed by atoms with van der Waals surface area (Å²) in [6.45, 7) is 0. The maximum Gasteiger partial charge on any atom is 0.165 e. The maximum absolute atomic E-state index is 6.79. The van der Waals surface area contributed by atoms with E-state index >= 15 is 0 Å². The van der Waals surface area contributed by atoms with Gasteiger partial charge in [-0.1, -0.05) is 146 Å². The van der Waals surface area contributed by atoms with Gasteiger partial charge in [0.15, 0.2) is 17.5 Å². The summed E-state index contributed by atoms with van der Waals surface area (Å²) in [5.41, 5.74) is 7.73. The van der Waals surface area contributed by atoms with Crippen LogP contribution in [0.1, 0.15) is 0 Å². The van der Waals surface area contributed by atoms with E-state index in [9.17, 15) is 0 Å². The number of aromatic nitrogens is 4. The van der Waals surface area contributed by atoms with Crippen LogP contribution >= 0.6 is 0 Å². The molecule has 0 aliphatic rings. The second kappa shape index (κ2) is 12.7. The summed E-state index contributed by atoms with van der Waals surface area (Å²) in [5, 5.41) is 13.6. The van der Waals surface area contributed by atoms with Gasteiger partial charge in [0.25, 0.3) is 0 Å². The largest absolute Gasteiger partial charge is 0.456 e. The van der Waals surface area contributed by atoms with Crippen LogP contribution in [0, 0.1) is 0 Å². The highest BCUT2D eigenvalue weighted by molar-refractivity contribution is 6.21. The standard InChI is InChI=1S/C55H32N4O/c1-2-14-34(15-3-1)53-56-54(43-24-12-21-33-13-8-10-22-41(33)43)58-55(57-53)52-42-23-11-9-20-39(42)31-50-51(52)46-32-40(25-26-49(46)60-50)59-47-29-37-18-6-4-16-35(37)27-44(47)45-28-36-17-5-7-19-38(36)30-48(45)59/h1-32H. The molecule has 0 fully saturated rings. The van der Waals surface area contributed by atoms with E-state index in [1.165, 1.54) is 32.3 Å². The summed E-state index contributed by atoms with van der Waals surface area (Å²) in [7, 11) is 0. The highest BCUT2D eigenvalue weighted by Crippen LogP contribution is 2.44. The van der Waals surface area contributed by atoms with Gasteiger partial charge in [-0.3, -0.25) is 0 Å². The predicted molar refractivity (Wildman–Crippen MR) is 248 cm³/mol. The fraction of sp³-hybridized carbons (Fsp3) is 0. The summed E-state index contributed by atoms with van der Waals surface area (Å²) < 4.78 is 9.21. The van der Waals surface area contributed by atoms with Crippen LogP contribution in [0.15, 0.2) is 199 Å². The Balaban J connectivity index is 1.13. The Bertz CT molecular complexity index is 3800. The van der Waals surface area contributed by atoms with Crippen molar-refractivity contribution in [2.75, 3.05) is 0 Å². The van der Waals surface area contributed by atoms with Crippen LogP contribution in [-0.2, 0) is 0 Å². The van der Waals surface area contributed by atoms with Gasteiger partial charge in [-0.05, 0) is 91.6 Å². The molecule has 0 saturated carbocycles. The molecule has 60 heavy (non-hydrogen) atoms. The van der Waals surface area contributed by atoms with Crippen LogP contribution in [0.4, 0.5) is 0 Å². The Morgan fingerprint density at radius 3 is 1.63 bits per heavy atom. The molecule has 5 heteroatoms. The SMILES string of the molecule is c1ccc(-c2nc(-c3cccc4ccccc34)nc(-c3c4ccccc4cc4oc5ccc(-n6c7cc8ccccc8cc7c7cc8ccccc8cc76)cc5c34)n2)cc1. The summed E-state index contributed by atoms with van der Waals surface area (Å²) in [6.07, 6.45) is 0. The van der Waals surface area contributed by atoms with Gasteiger partial charge in [0.1, 0.15) is 11.2 Å². The van der Waals surface area contributed by atoms with Crippen molar-refractivity contribution >= 4 is 86.8 Å². The lowest BCUT2D eigenvalue weighted by Crippen LogP contribution is -2.01. The third-order valence-electron chi connectivity index (χ3n) is 12.1. The molecule has 5 nitrogen and oxygen atoms in total. The number of fused-ring (bicyclic) bond motifs is 10. The summed E-state index contributed by atoms with van der Waals surface area (Å²) >= 11 is 0. The first-order valence-electron chi connectivity index (χ1n) is 20.3. The van der Waals surface area contributed by atoms with Gasteiger partial charge in [0.05, 0.1) is 11.0 Å². The van der Waals surface area contributed by atoms with Gasteiger partial charge in [0, 0.05) is 43.9 Å². The van der Waals surface area contributed by atoms with Crippen LogP contribution < -0.4 is 0 Å². The molecular formula is C55H32N4O. The first kappa shape index (κ1) is 32.9. The molecule has 13 aromatic rings. The molecule has 0 aliphatic heterocycles. The van der Waals surface area contributed by atoms with E-state index < -0.39 is 0 Å². The molecule has 0 unspecified atom stereocenters. The zero-order valence-electron chi connectivity index (χ0n) is 32.2. The minimum Gasteiger partial charge on any atom is -0.456 e. The van der Waals surface area contributed by atoms with Crippen molar-refractivity contribution in [3.05, 3.63) is 194 Å². The van der Waals surface area contributed by atoms with E-state index in [2.05, 4.69) is 180 Å². The van der Waals surface area contributed by atoms with Crippen molar-refractivity contribution in [3.8, 4) is 39.9 Å². The van der Waals surface area contributed by atoms with E-state index in [4.69, 9.17) is 19.4 Å². The smallest absolute Gasteiger partial charge is 0.165 e. The van der Waals surface area contributed by atoms with Gasteiger partial charge in [-0.25, -0.2) is 15.0 Å². The van der Waals surface area contributed by atoms with Crippen molar-refractivity contribution in [2.24, 2.45) is 0 Å². The molecular weight excluding hydrogens is 733 g/mol. The topological polar surface area (TPSA) is 56.7 Å². The van der Waals surface area contributed by atoms with Crippen molar-refractivity contribution in [2.45, 2.75) is 0 Å². The van der Waals surface area contributed by atoms with Gasteiger partial charge in [-0.2, -0.15) is 0 Å². The number of furan rings is 1. The Morgan fingerprint density at radius 1 is 0.350 bits per heavy atom. The number of nitrogens with zero attached hydrogens (tertiary/aromatic N) is 4. The molecule has 3 aromatic heterocycles. The maximum atomic E-state index is 6.79. The zero-order valence-corrected chi connectivity index (χ0v) is 32.2. The second-order valence-corrected chi connectivity index (χ2v) is 15.6. The summed E-state index contributed by atoms with van der Waals surface area (Å²) in [4.78, 5) is 15.8. The molecule has 0 aliphatic carbocycles. The summed E-state index contributed by atoms with van der Waals surface area (Å²) in [6, 6.07) is 68.7. The predicted octanol–water partition coefficient (Wildman–Crippen LogP) is 14.5. The lowest BCUT2D eigenvalue weighted by Gasteiger charge is -2.13. The van der Waals surface area contributed by atoms with Gasteiger partial charge in [-0.15, -0.1) is 0 Å². The van der Waals surface area contributed by atoms with E-state index in [-0.39, 0.29) is 0 Å². The lowest BCUT2D eigenvalue weighted by atomic mass is 9.97. The molecule has 3 heterocycles. The fourth-order valence-corrected chi connectivity index (χ4v) is 9.37. The first-order valence-corrected chi connectivity index (χ1v) is 20.3. The molecule has 278 valence electrons. The molecule has 0 atom stereocenters.